The van der Waals surface area contributed by atoms with Crippen LogP contribution in [0.4, 0.5) is 0 Å². The Morgan fingerprint density at radius 2 is 2.07 bits per heavy atom. The van der Waals surface area contributed by atoms with Gasteiger partial charge in [0.05, 0.1) is 19.1 Å². The van der Waals surface area contributed by atoms with Crippen molar-refractivity contribution < 1.29 is 19.4 Å². The average molecular weight is 378 g/mol. The highest BCUT2D eigenvalue weighted by Gasteiger charge is 2.30. The molecule has 0 aliphatic carbocycles. The molecule has 3 heterocycles. The van der Waals surface area contributed by atoms with Crippen molar-refractivity contribution in [3.8, 4) is 11.6 Å². The Kier molecular flexibility index (Phi) is 4.57. The van der Waals surface area contributed by atoms with Crippen molar-refractivity contribution in [1.29, 1.82) is 0 Å². The number of esters is 1. The van der Waals surface area contributed by atoms with Gasteiger partial charge < -0.3 is 14.6 Å². The van der Waals surface area contributed by atoms with Gasteiger partial charge in [-0.15, -0.1) is 0 Å². The fourth-order valence-corrected chi connectivity index (χ4v) is 3.40. The summed E-state index contributed by atoms with van der Waals surface area (Å²) >= 11 is 0. The van der Waals surface area contributed by atoms with Crippen LogP contribution in [0.15, 0.2) is 59.0 Å². The van der Waals surface area contributed by atoms with E-state index in [1.54, 1.807) is 24.4 Å². The van der Waals surface area contributed by atoms with Crippen LogP contribution in [-0.2, 0) is 9.53 Å². The first-order chi connectivity index (χ1) is 13.6. The van der Waals surface area contributed by atoms with E-state index in [1.165, 1.54) is 11.5 Å². The van der Waals surface area contributed by atoms with Gasteiger partial charge in [0, 0.05) is 17.7 Å². The molecule has 0 fully saturated rings. The summed E-state index contributed by atoms with van der Waals surface area (Å²) in [5.74, 6) is -0.898. The fourth-order valence-electron chi connectivity index (χ4n) is 3.40. The van der Waals surface area contributed by atoms with Crippen molar-refractivity contribution in [3.05, 3.63) is 75.7 Å². The van der Waals surface area contributed by atoms with Gasteiger partial charge in [-0.3, -0.25) is 14.0 Å². The average Bonchev–Trinajstić information content (AvgIpc) is 2.72. The molecule has 1 aliphatic heterocycles. The standard InChI is InChI=1S/C21H18N2O5/c1-27-18(24)11-15(14-10-13-6-2-3-7-16(13)28-12-14)19-20(25)22-17-8-4-5-9-23(17)21(19)26/h2-10,15,25H,11-12H2,1H3/t15-/m1/s1. The number of aromatic hydroxyl groups is 1. The summed E-state index contributed by atoms with van der Waals surface area (Å²) in [5.41, 5.74) is 1.46. The minimum Gasteiger partial charge on any atom is -0.493 e. The first-order valence-electron chi connectivity index (χ1n) is 8.78. The first kappa shape index (κ1) is 17.8. The smallest absolute Gasteiger partial charge is 0.306 e. The van der Waals surface area contributed by atoms with Crippen LogP contribution >= 0.6 is 0 Å². The van der Waals surface area contributed by atoms with E-state index >= 15 is 0 Å². The van der Waals surface area contributed by atoms with Gasteiger partial charge in [0.15, 0.2) is 0 Å². The molecule has 0 saturated heterocycles. The number of fused-ring (bicyclic) bond motifs is 2. The molecule has 0 unspecified atom stereocenters. The Morgan fingerprint density at radius 3 is 2.89 bits per heavy atom. The van der Waals surface area contributed by atoms with E-state index in [-0.39, 0.29) is 18.6 Å². The lowest BCUT2D eigenvalue weighted by molar-refractivity contribution is -0.140. The van der Waals surface area contributed by atoms with Crippen molar-refractivity contribution in [1.82, 2.24) is 9.38 Å². The summed E-state index contributed by atoms with van der Waals surface area (Å²) in [4.78, 5) is 29.3. The maximum Gasteiger partial charge on any atom is 0.306 e. The normalized spacial score (nSPS) is 14.0. The molecule has 28 heavy (non-hydrogen) atoms. The molecule has 1 N–H and O–H groups in total. The summed E-state index contributed by atoms with van der Waals surface area (Å²) in [7, 11) is 1.28. The van der Waals surface area contributed by atoms with Gasteiger partial charge in [-0.2, -0.15) is 4.98 Å². The Labute approximate surface area is 160 Å². The summed E-state index contributed by atoms with van der Waals surface area (Å²) in [6.07, 6.45) is 3.34. The fraction of sp³-hybridized carbons (Fsp3) is 0.190. The summed E-state index contributed by atoms with van der Waals surface area (Å²) in [6.45, 7) is 0.190. The highest BCUT2D eigenvalue weighted by Crippen LogP contribution is 2.36. The number of ether oxygens (including phenoxy) is 2. The summed E-state index contributed by atoms with van der Waals surface area (Å²) in [5, 5.41) is 10.5. The largest absolute Gasteiger partial charge is 0.493 e. The van der Waals surface area contributed by atoms with Gasteiger partial charge in [0.2, 0.25) is 5.88 Å². The lowest BCUT2D eigenvalue weighted by atomic mass is 9.87. The number of para-hydroxylation sites is 1. The number of methoxy groups -OCH3 is 1. The van der Waals surface area contributed by atoms with Crippen LogP contribution in [0, 0.1) is 0 Å². The number of carbonyl (C=O) groups excluding carboxylic acids is 1. The number of nitrogens with zero attached hydrogens (tertiary/aromatic N) is 2. The number of hydrogen-bond acceptors (Lipinski definition) is 6. The number of aromatic nitrogens is 2. The highest BCUT2D eigenvalue weighted by atomic mass is 16.5. The van der Waals surface area contributed by atoms with Crippen LogP contribution in [0.1, 0.15) is 23.5 Å². The molecular formula is C21H18N2O5. The predicted molar refractivity (Wildman–Crippen MR) is 102 cm³/mol. The minimum atomic E-state index is -0.724. The number of hydrogen-bond donors (Lipinski definition) is 1. The molecule has 1 aromatic carbocycles. The Balaban J connectivity index is 1.89. The van der Waals surface area contributed by atoms with Crippen molar-refractivity contribution >= 4 is 17.7 Å². The molecule has 0 radical (unpaired) electrons. The van der Waals surface area contributed by atoms with Crippen LogP contribution in [0.25, 0.3) is 11.7 Å². The molecule has 4 rings (SSSR count). The van der Waals surface area contributed by atoms with Crippen LogP contribution in [0.2, 0.25) is 0 Å². The van der Waals surface area contributed by atoms with E-state index in [9.17, 15) is 14.7 Å². The number of rotatable bonds is 4. The van der Waals surface area contributed by atoms with Crippen molar-refractivity contribution in [2.45, 2.75) is 12.3 Å². The van der Waals surface area contributed by atoms with E-state index in [2.05, 4.69) is 4.98 Å². The molecule has 0 spiro atoms. The second kappa shape index (κ2) is 7.19. The van der Waals surface area contributed by atoms with E-state index in [0.29, 0.717) is 11.2 Å². The third-order valence-corrected chi connectivity index (χ3v) is 4.80. The third kappa shape index (κ3) is 3.11. The van der Waals surface area contributed by atoms with E-state index in [1.807, 2.05) is 30.3 Å². The number of pyridine rings is 1. The maximum absolute atomic E-state index is 13.1. The molecule has 0 bridgehead atoms. The van der Waals surface area contributed by atoms with Crippen molar-refractivity contribution in [2.24, 2.45) is 0 Å². The third-order valence-electron chi connectivity index (χ3n) is 4.80. The van der Waals surface area contributed by atoms with E-state index < -0.39 is 23.3 Å². The molecule has 7 heteroatoms. The molecule has 142 valence electrons. The van der Waals surface area contributed by atoms with Gasteiger partial charge in [0.1, 0.15) is 18.0 Å². The predicted octanol–water partition coefficient (Wildman–Crippen LogP) is 2.52. The lowest BCUT2D eigenvalue weighted by Crippen LogP contribution is -2.26. The zero-order valence-corrected chi connectivity index (χ0v) is 15.2. The van der Waals surface area contributed by atoms with Gasteiger partial charge in [-0.1, -0.05) is 24.3 Å². The highest BCUT2D eigenvalue weighted by molar-refractivity contribution is 5.73. The SMILES string of the molecule is COC(=O)C[C@H](C1=Cc2ccccc2OC1)c1c(O)nc2ccccn2c1=O. The second-order valence-electron chi connectivity index (χ2n) is 6.46. The topological polar surface area (TPSA) is 90.1 Å². The monoisotopic (exact) mass is 378 g/mol. The molecule has 0 saturated carbocycles. The zero-order valence-electron chi connectivity index (χ0n) is 15.2. The Hall–Kier alpha value is -3.61. The summed E-state index contributed by atoms with van der Waals surface area (Å²) < 4.78 is 11.9. The molecular weight excluding hydrogens is 360 g/mol. The van der Waals surface area contributed by atoms with Crippen LogP contribution in [0.5, 0.6) is 11.6 Å². The minimum absolute atomic E-state index is 0.0448. The van der Waals surface area contributed by atoms with E-state index in [0.717, 1.165) is 11.3 Å². The van der Waals surface area contributed by atoms with E-state index in [4.69, 9.17) is 9.47 Å². The first-order valence-corrected chi connectivity index (χ1v) is 8.78. The molecule has 1 atom stereocenters. The van der Waals surface area contributed by atoms with Gasteiger partial charge in [-0.05, 0) is 29.8 Å². The maximum atomic E-state index is 13.1. The second-order valence-corrected chi connectivity index (χ2v) is 6.46. The number of carbonyl (C=O) groups is 1. The quantitative estimate of drug-likeness (QED) is 0.702. The van der Waals surface area contributed by atoms with Crippen LogP contribution < -0.4 is 10.3 Å². The summed E-state index contributed by atoms with van der Waals surface area (Å²) in [6, 6.07) is 12.5. The number of benzene rings is 1. The molecule has 1 aliphatic rings. The lowest BCUT2D eigenvalue weighted by Gasteiger charge is -2.24. The molecule has 0 amide bonds. The van der Waals surface area contributed by atoms with Crippen LogP contribution in [-0.4, -0.2) is 34.2 Å². The molecule has 3 aromatic rings. The van der Waals surface area contributed by atoms with Gasteiger partial charge >= 0.3 is 5.97 Å². The Bertz CT molecular complexity index is 1150. The van der Waals surface area contributed by atoms with Crippen molar-refractivity contribution in [3.63, 3.8) is 0 Å². The Morgan fingerprint density at radius 1 is 1.29 bits per heavy atom. The van der Waals surface area contributed by atoms with Gasteiger partial charge in [-0.25, -0.2) is 0 Å². The van der Waals surface area contributed by atoms with Gasteiger partial charge in [0.25, 0.3) is 5.56 Å². The van der Waals surface area contributed by atoms with Crippen LogP contribution in [0.3, 0.4) is 0 Å². The zero-order chi connectivity index (χ0) is 19.7. The van der Waals surface area contributed by atoms with Crippen molar-refractivity contribution in [2.75, 3.05) is 13.7 Å². The molecule has 2 aromatic heterocycles. The molecule has 7 nitrogen and oxygen atoms in total.